The first-order chi connectivity index (χ1) is 8.49. The van der Waals surface area contributed by atoms with Gasteiger partial charge in [-0.1, -0.05) is 17.3 Å². The van der Waals surface area contributed by atoms with E-state index < -0.39 is 12.6 Å². The standard InChI is InChI=1S/C10H10BF3N3O/c1-18-9-4-2-8(3-5-9)6-17-7-10(15-16-17)11(12,13)14/h2-5,7H,6H2,1H3/q-1. The van der Waals surface area contributed by atoms with Gasteiger partial charge in [0.05, 0.1) is 13.7 Å². The van der Waals surface area contributed by atoms with Crippen LogP contribution in [0.1, 0.15) is 5.56 Å². The molecule has 2 aromatic rings. The fraction of sp³-hybridized carbons (Fsp3) is 0.200. The van der Waals surface area contributed by atoms with Gasteiger partial charge in [0.15, 0.2) is 0 Å². The highest BCUT2D eigenvalue weighted by Gasteiger charge is 2.29. The van der Waals surface area contributed by atoms with Gasteiger partial charge in [-0.15, -0.1) is 0 Å². The number of benzene rings is 1. The van der Waals surface area contributed by atoms with Crippen LogP contribution in [-0.2, 0) is 6.54 Å². The minimum absolute atomic E-state index is 0.239. The van der Waals surface area contributed by atoms with E-state index in [2.05, 4.69) is 10.3 Å². The quantitative estimate of drug-likeness (QED) is 0.776. The third kappa shape index (κ3) is 2.82. The van der Waals surface area contributed by atoms with Crippen LogP contribution in [0.3, 0.4) is 0 Å². The molecule has 0 bridgehead atoms. The summed E-state index contributed by atoms with van der Waals surface area (Å²) in [5, 5.41) is 6.56. The zero-order chi connectivity index (χ0) is 13.2. The summed E-state index contributed by atoms with van der Waals surface area (Å²) in [6.45, 7) is -4.85. The summed E-state index contributed by atoms with van der Waals surface area (Å²) >= 11 is 0. The minimum atomic E-state index is -5.09. The summed E-state index contributed by atoms with van der Waals surface area (Å²) in [4.78, 5) is 0. The fourth-order valence-electron chi connectivity index (χ4n) is 1.46. The Hall–Kier alpha value is -1.99. The molecule has 0 atom stereocenters. The summed E-state index contributed by atoms with van der Waals surface area (Å²) < 4.78 is 43.3. The van der Waals surface area contributed by atoms with E-state index in [-0.39, 0.29) is 6.54 Å². The molecule has 0 saturated carbocycles. The molecule has 0 aliphatic rings. The summed E-state index contributed by atoms with van der Waals surface area (Å²) in [5.74, 6) is 0.691. The maximum atomic E-state index is 12.4. The van der Waals surface area contributed by atoms with Crippen molar-refractivity contribution in [2.75, 3.05) is 7.11 Å². The molecule has 96 valence electrons. The molecule has 4 nitrogen and oxygen atoms in total. The Morgan fingerprint density at radius 2 is 1.89 bits per heavy atom. The molecule has 0 unspecified atom stereocenters. The normalized spacial score (nSPS) is 11.6. The van der Waals surface area contributed by atoms with Gasteiger partial charge < -0.3 is 17.7 Å². The maximum Gasteiger partial charge on any atom is 0.531 e. The van der Waals surface area contributed by atoms with E-state index in [9.17, 15) is 12.9 Å². The number of ether oxygens (including phenoxy) is 1. The molecule has 1 aromatic carbocycles. The number of rotatable bonds is 4. The molecular weight excluding hydrogens is 246 g/mol. The molecule has 0 amide bonds. The van der Waals surface area contributed by atoms with E-state index in [0.29, 0.717) is 5.75 Å². The topological polar surface area (TPSA) is 39.9 Å². The molecule has 0 fully saturated rings. The third-order valence-corrected chi connectivity index (χ3v) is 2.40. The third-order valence-electron chi connectivity index (χ3n) is 2.40. The molecule has 2 rings (SSSR count). The van der Waals surface area contributed by atoms with Crippen molar-refractivity contribution < 1.29 is 17.7 Å². The van der Waals surface area contributed by atoms with E-state index in [1.54, 1.807) is 31.4 Å². The number of hydrogen-bond acceptors (Lipinski definition) is 3. The SMILES string of the molecule is COc1ccc(Cn2cc([B-](F)(F)F)nn2)cc1. The molecular formula is C10H10BF3N3O-. The van der Waals surface area contributed by atoms with Crippen LogP contribution >= 0.6 is 0 Å². The first-order valence-electron chi connectivity index (χ1n) is 5.22. The highest BCUT2D eigenvalue weighted by atomic mass is 19.4. The predicted molar refractivity (Wildman–Crippen MR) is 60.8 cm³/mol. The summed E-state index contributed by atoms with van der Waals surface area (Å²) in [5.41, 5.74) is -0.106. The molecule has 0 saturated heterocycles. The van der Waals surface area contributed by atoms with E-state index in [1.165, 1.54) is 0 Å². The zero-order valence-electron chi connectivity index (χ0n) is 9.55. The lowest BCUT2D eigenvalue weighted by Gasteiger charge is -2.08. The smallest absolute Gasteiger partial charge is 0.497 e. The Morgan fingerprint density at radius 1 is 1.22 bits per heavy atom. The lowest BCUT2D eigenvalue weighted by atomic mass is 9.87. The number of aromatic nitrogens is 3. The monoisotopic (exact) mass is 256 g/mol. The number of methoxy groups -OCH3 is 1. The van der Waals surface area contributed by atoms with E-state index in [4.69, 9.17) is 4.74 Å². The highest BCUT2D eigenvalue weighted by molar-refractivity contribution is 6.72. The molecule has 0 aliphatic carbocycles. The van der Waals surface area contributed by atoms with Crippen LogP contribution in [0.15, 0.2) is 30.5 Å². The van der Waals surface area contributed by atoms with E-state index in [0.717, 1.165) is 16.4 Å². The van der Waals surface area contributed by atoms with Gasteiger partial charge in [0.25, 0.3) is 0 Å². The molecule has 0 N–H and O–H groups in total. The van der Waals surface area contributed by atoms with Crippen LogP contribution in [0, 0.1) is 0 Å². The number of hydrogen-bond donors (Lipinski definition) is 0. The second-order valence-electron chi connectivity index (χ2n) is 3.76. The van der Waals surface area contributed by atoms with Crippen molar-refractivity contribution in [3.05, 3.63) is 36.0 Å². The Kier molecular flexibility index (Phi) is 3.27. The lowest BCUT2D eigenvalue weighted by molar-refractivity contribution is 0.414. The van der Waals surface area contributed by atoms with Crippen molar-refractivity contribution >= 4 is 12.6 Å². The van der Waals surface area contributed by atoms with Crippen LogP contribution in [0.5, 0.6) is 5.75 Å². The van der Waals surface area contributed by atoms with Gasteiger partial charge in [0, 0.05) is 11.8 Å². The summed E-state index contributed by atoms with van der Waals surface area (Å²) in [6, 6.07) is 7.00. The average molecular weight is 256 g/mol. The molecule has 0 aliphatic heterocycles. The Balaban J connectivity index is 2.11. The molecule has 1 aromatic heterocycles. The van der Waals surface area contributed by atoms with Crippen LogP contribution in [0.25, 0.3) is 0 Å². The fourth-order valence-corrected chi connectivity index (χ4v) is 1.46. The molecule has 8 heteroatoms. The van der Waals surface area contributed by atoms with E-state index in [1.807, 2.05) is 0 Å². The van der Waals surface area contributed by atoms with Crippen LogP contribution in [0.2, 0.25) is 0 Å². The van der Waals surface area contributed by atoms with Crippen molar-refractivity contribution in [1.29, 1.82) is 0 Å². The highest BCUT2D eigenvalue weighted by Crippen LogP contribution is 2.12. The van der Waals surface area contributed by atoms with Crippen molar-refractivity contribution in [3.8, 4) is 5.75 Å². The van der Waals surface area contributed by atoms with Crippen LogP contribution in [0.4, 0.5) is 12.9 Å². The van der Waals surface area contributed by atoms with Gasteiger partial charge in [-0.3, -0.25) is 4.68 Å². The van der Waals surface area contributed by atoms with Gasteiger partial charge in [-0.2, -0.15) is 5.10 Å². The van der Waals surface area contributed by atoms with E-state index >= 15 is 0 Å². The predicted octanol–water partition coefficient (Wildman–Crippen LogP) is 1.39. The van der Waals surface area contributed by atoms with Crippen LogP contribution in [-0.4, -0.2) is 29.1 Å². The molecule has 0 spiro atoms. The molecule has 1 heterocycles. The number of nitrogens with zero attached hydrogens (tertiary/aromatic N) is 3. The molecule has 0 radical (unpaired) electrons. The number of halogens is 3. The van der Waals surface area contributed by atoms with Gasteiger partial charge in [0.1, 0.15) is 5.75 Å². The minimum Gasteiger partial charge on any atom is -0.497 e. The van der Waals surface area contributed by atoms with Gasteiger partial charge in [0.2, 0.25) is 0 Å². The second-order valence-corrected chi connectivity index (χ2v) is 3.76. The summed E-state index contributed by atoms with van der Waals surface area (Å²) in [7, 11) is 1.55. The Bertz CT molecular complexity index is 524. The Morgan fingerprint density at radius 3 is 2.39 bits per heavy atom. The maximum absolute atomic E-state index is 12.4. The summed E-state index contributed by atoms with van der Waals surface area (Å²) in [6.07, 6.45) is 0.907. The molecule has 18 heavy (non-hydrogen) atoms. The van der Waals surface area contributed by atoms with Crippen LogP contribution < -0.4 is 10.3 Å². The van der Waals surface area contributed by atoms with Crippen molar-refractivity contribution in [2.45, 2.75) is 6.54 Å². The lowest BCUT2D eigenvalue weighted by Crippen LogP contribution is -2.35. The van der Waals surface area contributed by atoms with Crippen molar-refractivity contribution in [2.24, 2.45) is 0 Å². The second kappa shape index (κ2) is 4.71. The van der Waals surface area contributed by atoms with Gasteiger partial charge >= 0.3 is 6.98 Å². The first-order valence-corrected chi connectivity index (χ1v) is 5.22. The average Bonchev–Trinajstić information content (AvgIpc) is 2.78. The van der Waals surface area contributed by atoms with Gasteiger partial charge in [-0.05, 0) is 17.7 Å². The van der Waals surface area contributed by atoms with Crippen molar-refractivity contribution in [3.63, 3.8) is 0 Å². The Labute approximate surface area is 101 Å². The zero-order valence-corrected chi connectivity index (χ0v) is 9.55. The van der Waals surface area contributed by atoms with Gasteiger partial charge in [-0.25, -0.2) is 0 Å². The first kappa shape index (κ1) is 12.5. The largest absolute Gasteiger partial charge is 0.531 e. The van der Waals surface area contributed by atoms with Crippen molar-refractivity contribution in [1.82, 2.24) is 15.0 Å².